The first kappa shape index (κ1) is 20.0. The molecule has 2 aliphatic rings. The smallest absolute Gasteiger partial charge is 0.246 e. The van der Waals surface area contributed by atoms with Crippen molar-refractivity contribution in [1.29, 1.82) is 0 Å². The molecule has 2 aromatic carbocycles. The molecule has 0 radical (unpaired) electrons. The van der Waals surface area contributed by atoms with Gasteiger partial charge in [-0.15, -0.1) is 0 Å². The number of piperidine rings is 1. The standard InChI is InChI=1S/C24H26N2O4/c1-25(16-19-7-9-21-22(15-19)30-17-29-21)24(28)20-11-13-26(14-12-20)23(27)10-8-18-5-3-2-4-6-18/h2-10,15,20H,11-14,16-17H2,1H3/b10-8+. The zero-order valence-corrected chi connectivity index (χ0v) is 17.1. The van der Waals surface area contributed by atoms with Crippen molar-refractivity contribution >= 4 is 17.9 Å². The molecule has 0 N–H and O–H groups in total. The van der Waals surface area contributed by atoms with Gasteiger partial charge in [0.25, 0.3) is 0 Å². The van der Waals surface area contributed by atoms with E-state index in [2.05, 4.69) is 0 Å². The summed E-state index contributed by atoms with van der Waals surface area (Å²) in [6.07, 6.45) is 4.83. The second-order valence-electron chi connectivity index (χ2n) is 7.73. The van der Waals surface area contributed by atoms with Crippen LogP contribution in [0.2, 0.25) is 0 Å². The molecule has 0 spiro atoms. The van der Waals surface area contributed by atoms with Gasteiger partial charge in [0.15, 0.2) is 11.5 Å². The monoisotopic (exact) mass is 406 g/mol. The lowest BCUT2D eigenvalue weighted by Gasteiger charge is -2.32. The number of likely N-dealkylation sites (tertiary alicyclic amines) is 1. The van der Waals surface area contributed by atoms with Crippen LogP contribution in [0, 0.1) is 5.92 Å². The Morgan fingerprint density at radius 1 is 1.07 bits per heavy atom. The lowest BCUT2D eigenvalue weighted by atomic mass is 9.95. The Kier molecular flexibility index (Phi) is 6.02. The van der Waals surface area contributed by atoms with Crippen molar-refractivity contribution < 1.29 is 19.1 Å². The molecule has 1 saturated heterocycles. The number of amides is 2. The molecule has 2 aliphatic heterocycles. The third-order valence-electron chi connectivity index (χ3n) is 5.61. The first-order chi connectivity index (χ1) is 14.6. The minimum atomic E-state index is -0.0498. The van der Waals surface area contributed by atoms with E-state index in [1.807, 2.05) is 66.6 Å². The summed E-state index contributed by atoms with van der Waals surface area (Å²) in [5.74, 6) is 1.54. The Morgan fingerprint density at radius 2 is 1.80 bits per heavy atom. The molecule has 2 amide bonds. The average Bonchev–Trinajstić information content (AvgIpc) is 3.25. The predicted octanol–water partition coefficient (Wildman–Crippen LogP) is 3.33. The Hall–Kier alpha value is -3.28. The molecule has 6 nitrogen and oxygen atoms in total. The highest BCUT2D eigenvalue weighted by atomic mass is 16.7. The first-order valence-electron chi connectivity index (χ1n) is 10.3. The maximum Gasteiger partial charge on any atom is 0.246 e. The fourth-order valence-electron chi connectivity index (χ4n) is 3.89. The minimum Gasteiger partial charge on any atom is -0.454 e. The number of carbonyl (C=O) groups is 2. The van der Waals surface area contributed by atoms with E-state index in [9.17, 15) is 9.59 Å². The quantitative estimate of drug-likeness (QED) is 0.715. The molecule has 0 unspecified atom stereocenters. The molecular formula is C24H26N2O4. The van der Waals surface area contributed by atoms with Gasteiger partial charge < -0.3 is 19.3 Å². The molecule has 4 rings (SSSR count). The molecule has 2 aromatic rings. The lowest BCUT2D eigenvalue weighted by molar-refractivity contribution is -0.138. The average molecular weight is 406 g/mol. The maximum absolute atomic E-state index is 12.9. The van der Waals surface area contributed by atoms with Gasteiger partial charge in [0, 0.05) is 38.7 Å². The van der Waals surface area contributed by atoms with Gasteiger partial charge in [0.05, 0.1) is 0 Å². The van der Waals surface area contributed by atoms with E-state index in [0.29, 0.717) is 32.5 Å². The summed E-state index contributed by atoms with van der Waals surface area (Å²) in [4.78, 5) is 28.9. The molecule has 30 heavy (non-hydrogen) atoms. The predicted molar refractivity (Wildman–Crippen MR) is 114 cm³/mol. The van der Waals surface area contributed by atoms with Crippen LogP contribution < -0.4 is 9.47 Å². The van der Waals surface area contributed by atoms with Gasteiger partial charge in [-0.1, -0.05) is 36.4 Å². The van der Waals surface area contributed by atoms with Gasteiger partial charge in [0.2, 0.25) is 18.6 Å². The number of hydrogen-bond donors (Lipinski definition) is 0. The van der Waals surface area contributed by atoms with Crippen molar-refractivity contribution in [2.45, 2.75) is 19.4 Å². The summed E-state index contributed by atoms with van der Waals surface area (Å²) in [7, 11) is 1.83. The summed E-state index contributed by atoms with van der Waals surface area (Å²) in [5, 5.41) is 0. The number of fused-ring (bicyclic) bond motifs is 1. The third-order valence-corrected chi connectivity index (χ3v) is 5.61. The van der Waals surface area contributed by atoms with Gasteiger partial charge in [-0.3, -0.25) is 9.59 Å². The Bertz CT molecular complexity index is 933. The Balaban J connectivity index is 1.27. The van der Waals surface area contributed by atoms with E-state index in [-0.39, 0.29) is 24.5 Å². The van der Waals surface area contributed by atoms with Gasteiger partial charge >= 0.3 is 0 Å². The number of rotatable bonds is 5. The van der Waals surface area contributed by atoms with E-state index < -0.39 is 0 Å². The van der Waals surface area contributed by atoms with Gasteiger partial charge in [0.1, 0.15) is 0 Å². The molecule has 0 bridgehead atoms. The molecule has 0 atom stereocenters. The fraction of sp³-hybridized carbons (Fsp3) is 0.333. The molecule has 156 valence electrons. The van der Waals surface area contributed by atoms with Crippen molar-refractivity contribution in [2.75, 3.05) is 26.9 Å². The molecule has 0 aromatic heterocycles. The summed E-state index contributed by atoms with van der Waals surface area (Å²) in [6, 6.07) is 15.5. The highest BCUT2D eigenvalue weighted by molar-refractivity contribution is 5.92. The molecule has 1 fully saturated rings. The van der Waals surface area contributed by atoms with Crippen molar-refractivity contribution in [3.05, 3.63) is 65.7 Å². The van der Waals surface area contributed by atoms with Crippen molar-refractivity contribution in [1.82, 2.24) is 9.80 Å². The summed E-state index contributed by atoms with van der Waals surface area (Å²) >= 11 is 0. The van der Waals surface area contributed by atoms with E-state index in [0.717, 1.165) is 22.6 Å². The summed E-state index contributed by atoms with van der Waals surface area (Å²) in [5.41, 5.74) is 2.01. The number of carbonyl (C=O) groups excluding carboxylic acids is 2. The van der Waals surface area contributed by atoms with Crippen molar-refractivity contribution in [3.8, 4) is 11.5 Å². The number of hydrogen-bond acceptors (Lipinski definition) is 4. The SMILES string of the molecule is CN(Cc1ccc2c(c1)OCO2)C(=O)C1CCN(C(=O)/C=C/c2ccccc2)CC1. The minimum absolute atomic E-state index is 0.00142. The van der Waals surface area contributed by atoms with Crippen molar-refractivity contribution in [3.63, 3.8) is 0 Å². The second-order valence-corrected chi connectivity index (χ2v) is 7.73. The molecule has 2 heterocycles. The maximum atomic E-state index is 12.9. The van der Waals surface area contributed by atoms with Crippen LogP contribution in [0.25, 0.3) is 6.08 Å². The second kappa shape index (κ2) is 9.03. The van der Waals surface area contributed by atoms with Crippen LogP contribution in [0.1, 0.15) is 24.0 Å². The molecule has 0 aliphatic carbocycles. The first-order valence-corrected chi connectivity index (χ1v) is 10.3. The fourth-order valence-corrected chi connectivity index (χ4v) is 3.89. The largest absolute Gasteiger partial charge is 0.454 e. The van der Waals surface area contributed by atoms with Crippen LogP contribution >= 0.6 is 0 Å². The topological polar surface area (TPSA) is 59.1 Å². The Morgan fingerprint density at radius 3 is 2.57 bits per heavy atom. The normalized spacial score (nSPS) is 16.1. The Labute approximate surface area is 176 Å². The van der Waals surface area contributed by atoms with Crippen LogP contribution in [-0.2, 0) is 16.1 Å². The van der Waals surface area contributed by atoms with E-state index in [1.54, 1.807) is 11.0 Å². The van der Waals surface area contributed by atoms with Crippen LogP contribution in [0.5, 0.6) is 11.5 Å². The van der Waals surface area contributed by atoms with E-state index in [1.165, 1.54) is 0 Å². The lowest BCUT2D eigenvalue weighted by Crippen LogP contribution is -2.42. The van der Waals surface area contributed by atoms with Gasteiger partial charge in [-0.2, -0.15) is 0 Å². The number of ether oxygens (including phenoxy) is 2. The van der Waals surface area contributed by atoms with Crippen LogP contribution in [0.15, 0.2) is 54.6 Å². The summed E-state index contributed by atoms with van der Waals surface area (Å²) in [6.45, 7) is 1.97. The zero-order chi connectivity index (χ0) is 20.9. The zero-order valence-electron chi connectivity index (χ0n) is 17.1. The molecule has 6 heteroatoms. The number of benzene rings is 2. The van der Waals surface area contributed by atoms with Crippen LogP contribution in [0.4, 0.5) is 0 Å². The van der Waals surface area contributed by atoms with Crippen LogP contribution in [-0.4, -0.2) is 48.5 Å². The third kappa shape index (κ3) is 4.64. The highest BCUT2D eigenvalue weighted by Gasteiger charge is 2.28. The summed E-state index contributed by atoms with van der Waals surface area (Å²) < 4.78 is 10.7. The molecule has 0 saturated carbocycles. The van der Waals surface area contributed by atoms with E-state index >= 15 is 0 Å². The van der Waals surface area contributed by atoms with Crippen molar-refractivity contribution in [2.24, 2.45) is 5.92 Å². The number of nitrogens with zero attached hydrogens (tertiary/aromatic N) is 2. The van der Waals surface area contributed by atoms with Gasteiger partial charge in [-0.05, 0) is 42.2 Å². The molecular weight excluding hydrogens is 380 g/mol. The van der Waals surface area contributed by atoms with Gasteiger partial charge in [-0.25, -0.2) is 0 Å². The van der Waals surface area contributed by atoms with E-state index in [4.69, 9.17) is 9.47 Å². The highest BCUT2D eigenvalue weighted by Crippen LogP contribution is 2.33. The van der Waals surface area contributed by atoms with Crippen LogP contribution in [0.3, 0.4) is 0 Å².